The number of hydrogen-bond donors (Lipinski definition) is 0. The second kappa shape index (κ2) is 7.65. The van der Waals surface area contributed by atoms with Crippen LogP contribution in [0.15, 0.2) is 24.3 Å². The van der Waals surface area contributed by atoms with Crippen molar-refractivity contribution in [3.63, 3.8) is 0 Å². The highest BCUT2D eigenvalue weighted by Crippen LogP contribution is 2.40. The van der Waals surface area contributed by atoms with Crippen molar-refractivity contribution in [3.05, 3.63) is 35.4 Å². The van der Waals surface area contributed by atoms with Crippen molar-refractivity contribution in [2.75, 3.05) is 26.0 Å². The van der Waals surface area contributed by atoms with E-state index in [1.54, 1.807) is 5.56 Å². The average Bonchev–Trinajstić information content (AvgIpc) is 2.48. The molecule has 0 bridgehead atoms. The van der Waals surface area contributed by atoms with Crippen LogP contribution in [0, 0.1) is 5.41 Å². The zero-order chi connectivity index (χ0) is 15.3. The molecule has 21 heavy (non-hydrogen) atoms. The minimum Gasteiger partial charge on any atom is -0.306 e. The number of rotatable bonds is 6. The molecule has 2 rings (SSSR count). The fourth-order valence-electron chi connectivity index (χ4n) is 3.71. The molecular formula is C19H30ClN. The van der Waals surface area contributed by atoms with Gasteiger partial charge in [0, 0.05) is 5.88 Å². The van der Waals surface area contributed by atoms with Crippen LogP contribution in [0.25, 0.3) is 0 Å². The number of nitrogens with zero attached hydrogens (tertiary/aromatic N) is 1. The topological polar surface area (TPSA) is 3.24 Å². The van der Waals surface area contributed by atoms with E-state index in [1.165, 1.54) is 44.3 Å². The Hall–Kier alpha value is -0.530. The third-order valence-electron chi connectivity index (χ3n) is 5.13. The Morgan fingerprint density at radius 2 is 1.86 bits per heavy atom. The molecule has 1 heterocycles. The first-order valence-corrected chi connectivity index (χ1v) is 8.92. The maximum absolute atomic E-state index is 5.99. The molecule has 0 N–H and O–H groups in total. The van der Waals surface area contributed by atoms with Gasteiger partial charge in [-0.25, -0.2) is 0 Å². The zero-order valence-electron chi connectivity index (χ0n) is 13.9. The second-order valence-corrected chi connectivity index (χ2v) is 7.50. The van der Waals surface area contributed by atoms with E-state index in [1.807, 2.05) is 0 Å². The van der Waals surface area contributed by atoms with Gasteiger partial charge >= 0.3 is 0 Å². The van der Waals surface area contributed by atoms with Crippen LogP contribution in [0.3, 0.4) is 0 Å². The van der Waals surface area contributed by atoms with Crippen molar-refractivity contribution in [2.24, 2.45) is 5.41 Å². The summed E-state index contributed by atoms with van der Waals surface area (Å²) in [4.78, 5) is 2.47. The largest absolute Gasteiger partial charge is 0.306 e. The molecule has 0 atom stereocenters. The van der Waals surface area contributed by atoms with E-state index in [4.69, 9.17) is 11.6 Å². The number of alkyl halides is 1. The minimum atomic E-state index is 0.465. The molecule has 118 valence electrons. The summed E-state index contributed by atoms with van der Waals surface area (Å²) in [7, 11) is 2.24. The van der Waals surface area contributed by atoms with Crippen LogP contribution < -0.4 is 0 Å². The van der Waals surface area contributed by atoms with E-state index in [0.29, 0.717) is 11.3 Å². The fraction of sp³-hybridized carbons (Fsp3) is 0.684. The Balaban J connectivity index is 2.19. The van der Waals surface area contributed by atoms with Gasteiger partial charge < -0.3 is 4.90 Å². The van der Waals surface area contributed by atoms with Crippen LogP contribution in [0.2, 0.25) is 0 Å². The summed E-state index contributed by atoms with van der Waals surface area (Å²) in [5, 5.41) is 0. The molecule has 0 saturated carbocycles. The van der Waals surface area contributed by atoms with Gasteiger partial charge in [0.2, 0.25) is 0 Å². The van der Waals surface area contributed by atoms with Gasteiger partial charge in [0.1, 0.15) is 0 Å². The molecule has 2 heteroatoms. The quantitative estimate of drug-likeness (QED) is 0.662. The van der Waals surface area contributed by atoms with Crippen molar-refractivity contribution >= 4 is 11.6 Å². The van der Waals surface area contributed by atoms with Crippen LogP contribution in [-0.2, 0) is 6.42 Å². The Morgan fingerprint density at radius 1 is 1.19 bits per heavy atom. The highest BCUT2D eigenvalue weighted by molar-refractivity contribution is 6.17. The lowest BCUT2D eigenvalue weighted by atomic mass is 9.70. The Labute approximate surface area is 135 Å². The maximum Gasteiger partial charge on any atom is 0.0223 e. The summed E-state index contributed by atoms with van der Waals surface area (Å²) in [6.07, 6.45) is 6.28. The molecule has 0 amide bonds. The molecule has 1 aliphatic rings. The predicted molar refractivity (Wildman–Crippen MR) is 93.4 cm³/mol. The molecule has 1 saturated heterocycles. The summed E-state index contributed by atoms with van der Waals surface area (Å²) < 4.78 is 0. The summed E-state index contributed by atoms with van der Waals surface area (Å²) in [5.41, 5.74) is 3.56. The van der Waals surface area contributed by atoms with E-state index in [2.05, 4.69) is 50.1 Å². The van der Waals surface area contributed by atoms with Gasteiger partial charge in [0.05, 0.1) is 0 Å². The number of piperidine rings is 1. The van der Waals surface area contributed by atoms with Crippen molar-refractivity contribution in [2.45, 2.75) is 51.9 Å². The van der Waals surface area contributed by atoms with Crippen molar-refractivity contribution in [1.82, 2.24) is 4.90 Å². The second-order valence-electron chi connectivity index (χ2n) is 7.13. The van der Waals surface area contributed by atoms with E-state index < -0.39 is 0 Å². The molecule has 1 aromatic rings. The van der Waals surface area contributed by atoms with Crippen LogP contribution in [0.5, 0.6) is 0 Å². The van der Waals surface area contributed by atoms with Crippen LogP contribution in [0.4, 0.5) is 0 Å². The van der Waals surface area contributed by atoms with E-state index in [-0.39, 0.29) is 0 Å². The number of likely N-dealkylation sites (tertiary alicyclic amines) is 1. The lowest BCUT2D eigenvalue weighted by Gasteiger charge is -2.41. The summed E-state index contributed by atoms with van der Waals surface area (Å²) in [6.45, 7) is 7.07. The first-order chi connectivity index (χ1) is 10.1. The van der Waals surface area contributed by atoms with Crippen LogP contribution in [0.1, 0.15) is 56.6 Å². The first kappa shape index (κ1) is 16.8. The Bertz CT molecular complexity index is 427. The molecule has 0 radical (unpaired) electrons. The number of hydrogen-bond acceptors (Lipinski definition) is 1. The molecule has 0 unspecified atom stereocenters. The number of halogens is 1. The molecular weight excluding hydrogens is 278 g/mol. The first-order valence-electron chi connectivity index (χ1n) is 8.39. The molecule has 0 spiro atoms. The molecule has 1 fully saturated rings. The SMILES string of the molecule is CC(C)c1ccccc1CC1(CCCCl)CCN(C)CC1. The summed E-state index contributed by atoms with van der Waals surface area (Å²) >= 11 is 5.99. The summed E-state index contributed by atoms with van der Waals surface area (Å²) in [5.74, 6) is 1.40. The van der Waals surface area contributed by atoms with Crippen molar-refractivity contribution in [3.8, 4) is 0 Å². The van der Waals surface area contributed by atoms with Gasteiger partial charge in [-0.1, -0.05) is 38.1 Å². The van der Waals surface area contributed by atoms with Crippen LogP contribution in [-0.4, -0.2) is 30.9 Å². The van der Waals surface area contributed by atoms with Gasteiger partial charge in [-0.3, -0.25) is 0 Å². The highest BCUT2D eigenvalue weighted by atomic mass is 35.5. The third kappa shape index (κ3) is 4.47. The van der Waals surface area contributed by atoms with E-state index in [9.17, 15) is 0 Å². The smallest absolute Gasteiger partial charge is 0.0223 e. The molecule has 1 nitrogen and oxygen atoms in total. The Kier molecular flexibility index (Phi) is 6.13. The molecule has 0 aromatic heterocycles. The zero-order valence-corrected chi connectivity index (χ0v) is 14.6. The van der Waals surface area contributed by atoms with Gasteiger partial charge in [-0.05, 0) is 74.7 Å². The van der Waals surface area contributed by atoms with Gasteiger partial charge in [0.25, 0.3) is 0 Å². The lowest BCUT2D eigenvalue weighted by molar-refractivity contribution is 0.111. The van der Waals surface area contributed by atoms with E-state index in [0.717, 1.165) is 12.3 Å². The lowest BCUT2D eigenvalue weighted by Crippen LogP contribution is -2.39. The summed E-state index contributed by atoms with van der Waals surface area (Å²) in [6, 6.07) is 9.03. The monoisotopic (exact) mass is 307 g/mol. The predicted octanol–water partition coefficient (Wildman–Crippen LogP) is 5.08. The molecule has 1 aliphatic heterocycles. The standard InChI is InChI=1S/C19H30ClN/c1-16(2)18-8-5-4-7-17(18)15-19(9-6-12-20)10-13-21(3)14-11-19/h4-5,7-8,16H,6,9-15H2,1-3H3. The normalized spacial score (nSPS) is 19.1. The van der Waals surface area contributed by atoms with Crippen molar-refractivity contribution in [1.29, 1.82) is 0 Å². The minimum absolute atomic E-state index is 0.465. The third-order valence-corrected chi connectivity index (χ3v) is 5.40. The maximum atomic E-state index is 5.99. The van der Waals surface area contributed by atoms with E-state index >= 15 is 0 Å². The van der Waals surface area contributed by atoms with Gasteiger partial charge in [0.15, 0.2) is 0 Å². The van der Waals surface area contributed by atoms with Gasteiger partial charge in [-0.2, -0.15) is 0 Å². The Morgan fingerprint density at radius 3 is 2.48 bits per heavy atom. The van der Waals surface area contributed by atoms with Crippen molar-refractivity contribution < 1.29 is 0 Å². The average molecular weight is 308 g/mol. The fourth-order valence-corrected chi connectivity index (χ4v) is 3.85. The highest BCUT2D eigenvalue weighted by Gasteiger charge is 2.33. The van der Waals surface area contributed by atoms with Gasteiger partial charge in [-0.15, -0.1) is 11.6 Å². The van der Waals surface area contributed by atoms with Crippen LogP contribution >= 0.6 is 11.6 Å². The molecule has 1 aromatic carbocycles. The molecule has 0 aliphatic carbocycles. The number of benzene rings is 1.